The molecule has 0 amide bonds. The molecule has 4 nitrogen and oxygen atoms in total. The molecule has 248 valence electrons. The number of nitrogens with two attached hydrogens (primary N) is 1. The lowest BCUT2D eigenvalue weighted by Crippen LogP contribution is -2.38. The predicted molar refractivity (Wildman–Crippen MR) is 215 cm³/mol. The third-order valence-corrected chi connectivity index (χ3v) is 10.2. The zero-order valence-electron chi connectivity index (χ0n) is 28.7. The van der Waals surface area contributed by atoms with E-state index in [4.69, 9.17) is 11.1 Å². The molecular formula is C47H40N4. The number of fused-ring (bicyclic) bond motifs is 3. The van der Waals surface area contributed by atoms with Gasteiger partial charge in [0.15, 0.2) is 0 Å². The molecule has 51 heavy (non-hydrogen) atoms. The van der Waals surface area contributed by atoms with Gasteiger partial charge in [-0.3, -0.25) is 10.8 Å². The molecule has 0 heterocycles. The van der Waals surface area contributed by atoms with Crippen LogP contribution in [-0.4, -0.2) is 11.4 Å². The van der Waals surface area contributed by atoms with Crippen LogP contribution in [0.3, 0.4) is 0 Å². The van der Waals surface area contributed by atoms with Gasteiger partial charge in [-0.1, -0.05) is 115 Å². The van der Waals surface area contributed by atoms with Crippen LogP contribution in [-0.2, 0) is 6.42 Å². The minimum absolute atomic E-state index is 0.174. The van der Waals surface area contributed by atoms with E-state index in [1.54, 1.807) is 6.20 Å². The summed E-state index contributed by atoms with van der Waals surface area (Å²) in [6.07, 6.45) is 23.8. The molecule has 0 aliphatic heterocycles. The number of hydrogen-bond acceptors (Lipinski definition) is 4. The Labute approximate surface area is 299 Å². The van der Waals surface area contributed by atoms with Crippen LogP contribution < -0.4 is 21.6 Å². The molecule has 4 aromatic rings. The Kier molecular flexibility index (Phi) is 8.73. The van der Waals surface area contributed by atoms with Gasteiger partial charge in [0, 0.05) is 5.92 Å². The first-order valence-electron chi connectivity index (χ1n) is 17.7. The highest BCUT2D eigenvalue weighted by Crippen LogP contribution is 2.42. The standard InChI is InChI=1S/C47H40N4/c1-2-31(27-28-48)32-21-24-37(25-22-32)50-51-45-26-23-36(30-44(45)49)47-42-18-7-5-16-40(42)46(41-17-6-8-19-43(41)47)35-14-9-13-34(29-35)39-20-10-12-33-11-3-4-15-38(33)39/h2-9,11,13-18,20-30,43,49-50H,10,12,19,48H2,1H3/b28-27-,31-2+,49-44?,51-45-. The molecule has 4 aromatic carbocycles. The van der Waals surface area contributed by atoms with Crippen LogP contribution in [0, 0.1) is 11.3 Å². The summed E-state index contributed by atoms with van der Waals surface area (Å²) >= 11 is 0. The zero-order chi connectivity index (χ0) is 34.7. The van der Waals surface area contributed by atoms with Gasteiger partial charge in [0.1, 0.15) is 5.71 Å². The molecule has 0 saturated heterocycles. The lowest BCUT2D eigenvalue weighted by molar-refractivity contribution is 0.797. The van der Waals surface area contributed by atoms with Crippen molar-refractivity contribution in [1.82, 2.24) is 0 Å². The minimum Gasteiger partial charge on any atom is -0.405 e. The van der Waals surface area contributed by atoms with Crippen molar-refractivity contribution in [1.29, 1.82) is 5.41 Å². The topological polar surface area (TPSA) is 74.3 Å². The van der Waals surface area contributed by atoms with Crippen LogP contribution in [0.4, 0.5) is 5.69 Å². The molecule has 4 heteroatoms. The Balaban J connectivity index is 1.16. The van der Waals surface area contributed by atoms with Gasteiger partial charge in [-0.2, -0.15) is 5.10 Å². The molecule has 0 bridgehead atoms. The molecule has 4 aliphatic rings. The summed E-state index contributed by atoms with van der Waals surface area (Å²) in [6.45, 7) is 1.99. The van der Waals surface area contributed by atoms with E-state index in [1.165, 1.54) is 55.0 Å². The highest BCUT2D eigenvalue weighted by Gasteiger charge is 2.30. The van der Waals surface area contributed by atoms with Crippen molar-refractivity contribution in [2.45, 2.75) is 26.2 Å². The van der Waals surface area contributed by atoms with Gasteiger partial charge in [-0.25, -0.2) is 0 Å². The molecule has 0 radical (unpaired) electrons. The molecule has 8 rings (SSSR count). The van der Waals surface area contributed by atoms with E-state index in [0.29, 0.717) is 11.4 Å². The summed E-state index contributed by atoms with van der Waals surface area (Å²) < 4.78 is 0. The average molecular weight is 661 g/mol. The predicted octanol–water partition coefficient (Wildman–Crippen LogP) is 8.79. The molecule has 4 N–H and O–H groups in total. The number of hydrazone groups is 1. The summed E-state index contributed by atoms with van der Waals surface area (Å²) in [5.41, 5.74) is 24.2. The van der Waals surface area contributed by atoms with Crippen molar-refractivity contribution in [2.75, 3.05) is 5.43 Å². The Bertz CT molecular complexity index is 2440. The summed E-state index contributed by atoms with van der Waals surface area (Å²) in [7, 11) is 0. The van der Waals surface area contributed by atoms with Gasteiger partial charge in [0.05, 0.1) is 11.4 Å². The number of hydrogen-bond donors (Lipinski definition) is 3. The quantitative estimate of drug-likeness (QED) is 0.105. The van der Waals surface area contributed by atoms with Gasteiger partial charge < -0.3 is 5.73 Å². The number of nitrogens with one attached hydrogen (secondary N) is 2. The fraction of sp³-hybridized carbons (Fsp3) is 0.106. The van der Waals surface area contributed by atoms with E-state index < -0.39 is 0 Å². The monoisotopic (exact) mass is 660 g/mol. The molecule has 0 spiro atoms. The first kappa shape index (κ1) is 32.0. The Morgan fingerprint density at radius 2 is 1.71 bits per heavy atom. The second-order valence-corrected chi connectivity index (χ2v) is 13.2. The van der Waals surface area contributed by atoms with E-state index in [1.807, 2.05) is 55.5 Å². The Morgan fingerprint density at radius 1 is 0.902 bits per heavy atom. The summed E-state index contributed by atoms with van der Waals surface area (Å²) in [6, 6.07) is 34.8. The maximum absolute atomic E-state index is 9.01. The average Bonchev–Trinajstić information content (AvgIpc) is 3.18. The smallest absolute Gasteiger partial charge is 0.108 e. The molecule has 1 unspecified atom stereocenters. The zero-order valence-corrected chi connectivity index (χ0v) is 28.7. The number of rotatable bonds is 7. The highest BCUT2D eigenvalue weighted by molar-refractivity contribution is 6.50. The van der Waals surface area contributed by atoms with Crippen LogP contribution >= 0.6 is 0 Å². The largest absolute Gasteiger partial charge is 0.405 e. The fourth-order valence-electron chi connectivity index (χ4n) is 7.84. The Morgan fingerprint density at radius 3 is 2.53 bits per heavy atom. The van der Waals surface area contributed by atoms with Gasteiger partial charge in [0.25, 0.3) is 0 Å². The third-order valence-electron chi connectivity index (χ3n) is 10.2. The third kappa shape index (κ3) is 6.10. The maximum atomic E-state index is 9.01. The minimum atomic E-state index is 0.174. The van der Waals surface area contributed by atoms with Gasteiger partial charge in [-0.05, 0) is 141 Å². The van der Waals surface area contributed by atoms with Crippen molar-refractivity contribution < 1.29 is 0 Å². The van der Waals surface area contributed by atoms with Crippen LogP contribution in [0.25, 0.3) is 22.3 Å². The summed E-state index contributed by atoms with van der Waals surface area (Å²) in [4.78, 5) is 0. The first-order valence-corrected chi connectivity index (χ1v) is 17.7. The number of allylic oxidation sites excluding steroid dienone is 12. The highest BCUT2D eigenvalue weighted by atomic mass is 15.3. The van der Waals surface area contributed by atoms with Gasteiger partial charge in [0.2, 0.25) is 0 Å². The van der Waals surface area contributed by atoms with E-state index in [-0.39, 0.29) is 5.92 Å². The second-order valence-electron chi connectivity index (χ2n) is 13.2. The molecule has 1 atom stereocenters. The fourth-order valence-corrected chi connectivity index (χ4v) is 7.84. The van der Waals surface area contributed by atoms with E-state index in [9.17, 15) is 0 Å². The molecule has 0 fully saturated rings. The number of nitrogens with zero attached hydrogens (tertiary/aromatic N) is 1. The summed E-state index contributed by atoms with van der Waals surface area (Å²) in [5.74, 6) is 0.174. The maximum Gasteiger partial charge on any atom is 0.108 e. The van der Waals surface area contributed by atoms with Crippen LogP contribution in [0.1, 0.15) is 47.6 Å². The van der Waals surface area contributed by atoms with Crippen molar-refractivity contribution >= 4 is 39.4 Å². The van der Waals surface area contributed by atoms with E-state index in [2.05, 4.69) is 114 Å². The van der Waals surface area contributed by atoms with E-state index >= 15 is 0 Å². The normalized spacial score (nSPS) is 19.0. The number of anilines is 1. The van der Waals surface area contributed by atoms with Crippen LogP contribution in [0.15, 0.2) is 174 Å². The van der Waals surface area contributed by atoms with Gasteiger partial charge >= 0.3 is 0 Å². The SMILES string of the molecule is C/C=C(\C=C/N)c1ccc(N/N=C2/C=CC(C3=c4ccccc4=C(c4cccc(C5=CCCc6ccccc65)c4)C4=CC=CCC43)=CC2=N)cc1. The molecule has 4 aliphatic carbocycles. The lowest BCUT2D eigenvalue weighted by atomic mass is 9.71. The molecule has 0 saturated carbocycles. The molecular weight excluding hydrogens is 621 g/mol. The van der Waals surface area contributed by atoms with Crippen LogP contribution in [0.5, 0.6) is 0 Å². The van der Waals surface area contributed by atoms with E-state index in [0.717, 1.165) is 41.7 Å². The summed E-state index contributed by atoms with van der Waals surface area (Å²) in [5, 5.41) is 16.1. The molecule has 0 aromatic heterocycles. The number of benzene rings is 4. The van der Waals surface area contributed by atoms with Gasteiger partial charge in [-0.15, -0.1) is 0 Å². The second kappa shape index (κ2) is 13.9. The lowest BCUT2D eigenvalue weighted by Gasteiger charge is -2.32. The van der Waals surface area contributed by atoms with Crippen molar-refractivity contribution in [2.24, 2.45) is 16.8 Å². The van der Waals surface area contributed by atoms with Crippen molar-refractivity contribution in [3.63, 3.8) is 0 Å². The van der Waals surface area contributed by atoms with Crippen molar-refractivity contribution in [3.8, 4) is 0 Å². The van der Waals surface area contributed by atoms with Crippen LogP contribution in [0.2, 0.25) is 0 Å². The first-order chi connectivity index (χ1) is 25.1. The Hall–Kier alpha value is -6.26. The number of aryl methyl sites for hydroxylation is 1. The van der Waals surface area contributed by atoms with Crippen molar-refractivity contribution in [3.05, 3.63) is 207 Å².